The highest BCUT2D eigenvalue weighted by Crippen LogP contribution is 2.14. The molecule has 7 heteroatoms. The summed E-state index contributed by atoms with van der Waals surface area (Å²) < 4.78 is 0. The molecule has 0 aromatic carbocycles. The molecular weight excluding hydrogens is 340 g/mol. The highest BCUT2D eigenvalue weighted by molar-refractivity contribution is 5.77. The van der Waals surface area contributed by atoms with Crippen LogP contribution in [0.15, 0.2) is 12.1 Å². The number of carbonyl (C=O) groups excluding carboxylic acids is 1. The van der Waals surface area contributed by atoms with Crippen molar-refractivity contribution in [2.24, 2.45) is 0 Å². The smallest absolute Gasteiger partial charge is 0.236 e. The molecule has 2 aliphatic rings. The summed E-state index contributed by atoms with van der Waals surface area (Å²) in [5.41, 5.74) is 0.845. The summed E-state index contributed by atoms with van der Waals surface area (Å²) in [6.07, 6.45) is 4.90. The molecule has 2 aliphatic heterocycles. The van der Waals surface area contributed by atoms with Crippen LogP contribution in [0.25, 0.3) is 0 Å². The second-order valence-electron chi connectivity index (χ2n) is 7.80. The fraction of sp³-hybridized carbons (Fsp3) is 0.750. The minimum Gasteiger partial charge on any atom is -0.353 e. The molecule has 1 aromatic rings. The average molecular weight is 375 g/mol. The number of aromatic nitrogens is 2. The van der Waals surface area contributed by atoms with Crippen molar-refractivity contribution in [1.29, 1.82) is 0 Å². The van der Waals surface area contributed by atoms with Crippen molar-refractivity contribution < 1.29 is 4.79 Å². The molecule has 0 spiro atoms. The summed E-state index contributed by atoms with van der Waals surface area (Å²) in [5, 5.41) is 8.78. The zero-order chi connectivity index (χ0) is 19.1. The predicted molar refractivity (Wildman–Crippen MR) is 108 cm³/mol. The Bertz CT molecular complexity index is 579. The van der Waals surface area contributed by atoms with Gasteiger partial charge in [-0.2, -0.15) is 5.10 Å². The molecule has 0 N–H and O–H groups in total. The van der Waals surface area contributed by atoms with Gasteiger partial charge in [-0.1, -0.05) is 13.3 Å². The second-order valence-corrected chi connectivity index (χ2v) is 7.80. The summed E-state index contributed by atoms with van der Waals surface area (Å²) in [5.74, 6) is 1.10. The average Bonchev–Trinajstić information content (AvgIpc) is 2.70. The summed E-state index contributed by atoms with van der Waals surface area (Å²) in [7, 11) is 1.86. The van der Waals surface area contributed by atoms with Gasteiger partial charge in [-0.15, -0.1) is 5.10 Å². The van der Waals surface area contributed by atoms with Crippen molar-refractivity contribution >= 4 is 11.7 Å². The number of likely N-dealkylation sites (tertiary alicyclic amines) is 1. The molecule has 0 atom stereocenters. The van der Waals surface area contributed by atoms with Gasteiger partial charge >= 0.3 is 0 Å². The van der Waals surface area contributed by atoms with E-state index < -0.39 is 0 Å². The first-order valence-electron chi connectivity index (χ1n) is 10.4. The van der Waals surface area contributed by atoms with Crippen LogP contribution in [0.5, 0.6) is 0 Å². The first-order chi connectivity index (χ1) is 13.2. The third-order valence-electron chi connectivity index (χ3n) is 5.57. The SMILES string of the molecule is CCCN1CCN(c2ccc(CN(C)C(=O)CN3CCCCC3)nn2)CC1. The summed E-state index contributed by atoms with van der Waals surface area (Å²) in [6.45, 7) is 10.7. The highest BCUT2D eigenvalue weighted by Gasteiger charge is 2.19. The highest BCUT2D eigenvalue weighted by atomic mass is 16.2. The fourth-order valence-corrected chi connectivity index (χ4v) is 3.88. The first-order valence-corrected chi connectivity index (χ1v) is 10.4. The standard InChI is InChI=1S/C20H34N6O/c1-3-9-24-12-14-26(15-13-24)19-8-7-18(21-22-19)16-23(2)20(27)17-25-10-5-4-6-11-25/h7-8H,3-6,9-17H2,1-2H3. The normalized spacial score (nSPS) is 19.3. The molecule has 2 fully saturated rings. The molecule has 150 valence electrons. The zero-order valence-electron chi connectivity index (χ0n) is 16.9. The Morgan fingerprint density at radius 2 is 1.74 bits per heavy atom. The quantitative estimate of drug-likeness (QED) is 0.720. The van der Waals surface area contributed by atoms with E-state index >= 15 is 0 Å². The minimum absolute atomic E-state index is 0.162. The van der Waals surface area contributed by atoms with E-state index in [1.807, 2.05) is 19.2 Å². The van der Waals surface area contributed by atoms with Gasteiger partial charge in [0.25, 0.3) is 0 Å². The van der Waals surface area contributed by atoms with E-state index in [1.54, 1.807) is 4.90 Å². The Balaban J connectivity index is 1.46. The zero-order valence-corrected chi connectivity index (χ0v) is 16.9. The van der Waals surface area contributed by atoms with Crippen LogP contribution < -0.4 is 4.90 Å². The van der Waals surface area contributed by atoms with Gasteiger partial charge < -0.3 is 9.80 Å². The van der Waals surface area contributed by atoms with E-state index in [9.17, 15) is 4.79 Å². The van der Waals surface area contributed by atoms with Crippen LogP contribution >= 0.6 is 0 Å². The van der Waals surface area contributed by atoms with Crippen LogP contribution in [0.1, 0.15) is 38.3 Å². The largest absolute Gasteiger partial charge is 0.353 e. The molecule has 0 bridgehead atoms. The third kappa shape index (κ3) is 5.87. The van der Waals surface area contributed by atoms with Gasteiger partial charge in [0.05, 0.1) is 18.8 Å². The van der Waals surface area contributed by atoms with Crippen LogP contribution in [0, 0.1) is 0 Å². The number of piperidine rings is 1. The number of rotatable bonds is 7. The molecule has 0 saturated carbocycles. The molecule has 3 heterocycles. The van der Waals surface area contributed by atoms with Crippen molar-refractivity contribution in [3.8, 4) is 0 Å². The van der Waals surface area contributed by atoms with Crippen LogP contribution in [-0.2, 0) is 11.3 Å². The minimum atomic E-state index is 0.162. The number of carbonyl (C=O) groups is 1. The van der Waals surface area contributed by atoms with Gasteiger partial charge in [0, 0.05) is 33.2 Å². The number of likely N-dealkylation sites (N-methyl/N-ethyl adjacent to an activating group) is 1. The lowest BCUT2D eigenvalue weighted by Gasteiger charge is -2.35. The number of hydrogen-bond acceptors (Lipinski definition) is 6. The van der Waals surface area contributed by atoms with E-state index in [-0.39, 0.29) is 5.91 Å². The maximum Gasteiger partial charge on any atom is 0.236 e. The lowest BCUT2D eigenvalue weighted by Crippen LogP contribution is -2.46. The number of anilines is 1. The van der Waals surface area contributed by atoms with Gasteiger partial charge in [0.2, 0.25) is 5.91 Å². The lowest BCUT2D eigenvalue weighted by molar-refractivity contribution is -0.131. The van der Waals surface area contributed by atoms with Crippen LogP contribution in [-0.4, -0.2) is 90.2 Å². The van der Waals surface area contributed by atoms with Crippen molar-refractivity contribution in [3.63, 3.8) is 0 Å². The topological polar surface area (TPSA) is 55.8 Å². The number of piperazine rings is 1. The Kier molecular flexibility index (Phi) is 7.41. The molecule has 0 radical (unpaired) electrons. The lowest BCUT2D eigenvalue weighted by atomic mass is 10.1. The molecule has 0 aliphatic carbocycles. The van der Waals surface area contributed by atoms with Crippen LogP contribution in [0.3, 0.4) is 0 Å². The molecule has 27 heavy (non-hydrogen) atoms. The maximum absolute atomic E-state index is 12.4. The van der Waals surface area contributed by atoms with Crippen molar-refractivity contribution in [2.75, 3.05) is 64.3 Å². The molecule has 1 aromatic heterocycles. The van der Waals surface area contributed by atoms with E-state index in [0.717, 1.165) is 50.8 Å². The van der Waals surface area contributed by atoms with Gasteiger partial charge in [0.1, 0.15) is 0 Å². The van der Waals surface area contributed by atoms with Crippen molar-refractivity contribution in [3.05, 3.63) is 17.8 Å². The summed E-state index contributed by atoms with van der Waals surface area (Å²) in [6, 6.07) is 4.05. The Morgan fingerprint density at radius 3 is 2.37 bits per heavy atom. The number of hydrogen-bond donors (Lipinski definition) is 0. The van der Waals surface area contributed by atoms with E-state index in [0.29, 0.717) is 13.1 Å². The monoisotopic (exact) mass is 374 g/mol. The molecular formula is C20H34N6O. The molecule has 3 rings (SSSR count). The fourth-order valence-electron chi connectivity index (χ4n) is 3.88. The maximum atomic E-state index is 12.4. The Hall–Kier alpha value is -1.73. The molecule has 0 unspecified atom stereocenters. The van der Waals surface area contributed by atoms with Gasteiger partial charge in [-0.25, -0.2) is 0 Å². The van der Waals surface area contributed by atoms with Crippen LogP contribution in [0.4, 0.5) is 5.82 Å². The number of nitrogens with zero attached hydrogens (tertiary/aromatic N) is 6. The van der Waals surface area contributed by atoms with Crippen molar-refractivity contribution in [1.82, 2.24) is 24.9 Å². The molecule has 2 saturated heterocycles. The Morgan fingerprint density at radius 1 is 1.00 bits per heavy atom. The van der Waals surface area contributed by atoms with Gasteiger partial charge in [-0.3, -0.25) is 14.6 Å². The van der Waals surface area contributed by atoms with Crippen LogP contribution in [0.2, 0.25) is 0 Å². The van der Waals surface area contributed by atoms with Gasteiger partial charge in [-0.05, 0) is 51.0 Å². The third-order valence-corrected chi connectivity index (χ3v) is 5.57. The first kappa shape index (κ1) is 20.0. The van der Waals surface area contributed by atoms with Gasteiger partial charge in [0.15, 0.2) is 5.82 Å². The second kappa shape index (κ2) is 9.99. The number of amides is 1. The van der Waals surface area contributed by atoms with E-state index in [4.69, 9.17) is 0 Å². The Labute approximate surface area is 163 Å². The summed E-state index contributed by atoms with van der Waals surface area (Å²) in [4.78, 5) is 21.3. The molecule has 7 nitrogen and oxygen atoms in total. The van der Waals surface area contributed by atoms with Crippen molar-refractivity contribution in [2.45, 2.75) is 39.2 Å². The predicted octanol–water partition coefficient (Wildman–Crippen LogP) is 1.45. The van der Waals surface area contributed by atoms with E-state index in [2.05, 4.69) is 31.8 Å². The molecule has 1 amide bonds. The van der Waals surface area contributed by atoms with E-state index in [1.165, 1.54) is 32.2 Å². The summed E-state index contributed by atoms with van der Waals surface area (Å²) >= 11 is 0.